The van der Waals surface area contributed by atoms with Gasteiger partial charge < -0.3 is 9.67 Å². The molecule has 0 fully saturated rings. The van der Waals surface area contributed by atoms with E-state index in [9.17, 15) is 15.2 Å². The van der Waals surface area contributed by atoms with Gasteiger partial charge in [-0.1, -0.05) is 12.1 Å². The summed E-state index contributed by atoms with van der Waals surface area (Å²) in [5.41, 5.74) is 1.39. The minimum Gasteiger partial charge on any atom is -0.508 e. The summed E-state index contributed by atoms with van der Waals surface area (Å²) < 4.78 is 3.59. The Morgan fingerprint density at radius 2 is 2.05 bits per heavy atom. The molecule has 3 rings (SSSR count). The van der Waals surface area contributed by atoms with E-state index >= 15 is 0 Å². The number of aromatic hydroxyl groups is 1. The Bertz CT molecular complexity index is 899. The number of thiazole rings is 1. The van der Waals surface area contributed by atoms with Crippen molar-refractivity contribution in [3.05, 3.63) is 62.1 Å². The van der Waals surface area contributed by atoms with Crippen LogP contribution in [0.3, 0.4) is 0 Å². The van der Waals surface area contributed by atoms with Crippen LogP contribution in [0.25, 0.3) is 10.2 Å². The maximum absolute atomic E-state index is 10.8. The quantitative estimate of drug-likeness (QED) is 0.448. The zero-order valence-corrected chi connectivity index (χ0v) is 12.4. The van der Waals surface area contributed by atoms with E-state index in [-0.39, 0.29) is 11.4 Å². The number of nitro groups is 1. The molecule has 5 nitrogen and oxygen atoms in total. The van der Waals surface area contributed by atoms with Crippen LogP contribution in [0.1, 0.15) is 5.56 Å². The first-order valence-corrected chi connectivity index (χ1v) is 7.33. The second-order valence-corrected chi connectivity index (χ2v) is 6.17. The number of nitrogens with zero attached hydrogens (tertiary/aromatic N) is 2. The third kappa shape index (κ3) is 2.53. The first-order chi connectivity index (χ1) is 10.1. The van der Waals surface area contributed by atoms with Gasteiger partial charge in [0.25, 0.3) is 5.69 Å². The summed E-state index contributed by atoms with van der Waals surface area (Å²) in [6.45, 7) is 0.302. The maximum atomic E-state index is 10.8. The van der Waals surface area contributed by atoms with Crippen LogP contribution >= 0.6 is 23.6 Å². The molecule has 0 aliphatic rings. The normalized spacial score (nSPS) is 10.9. The summed E-state index contributed by atoms with van der Waals surface area (Å²) in [6.07, 6.45) is 0. The highest BCUT2D eigenvalue weighted by molar-refractivity contribution is 7.73. The van der Waals surface area contributed by atoms with E-state index < -0.39 is 4.92 Å². The molecule has 0 amide bonds. The number of benzene rings is 2. The minimum absolute atomic E-state index is 0.0257. The number of aromatic nitrogens is 1. The first kappa shape index (κ1) is 13.7. The fraction of sp³-hybridized carbons (Fsp3) is 0.0714. The van der Waals surface area contributed by atoms with Crippen LogP contribution in [0.15, 0.2) is 42.5 Å². The van der Waals surface area contributed by atoms with Gasteiger partial charge in [-0.15, -0.1) is 11.3 Å². The standard InChI is InChI=1S/C14H10N2O3S2/c17-12-6-5-10(16(18)19)7-9(12)8-15-11-3-1-2-4-13(11)21-14(15)20/h1-7,17H,8H2. The Morgan fingerprint density at radius 3 is 2.81 bits per heavy atom. The van der Waals surface area contributed by atoms with Crippen LogP contribution in [0.4, 0.5) is 5.69 Å². The molecule has 7 heteroatoms. The summed E-state index contributed by atoms with van der Waals surface area (Å²) in [5.74, 6) is 0.0257. The van der Waals surface area contributed by atoms with Gasteiger partial charge >= 0.3 is 0 Å². The van der Waals surface area contributed by atoms with Crippen LogP contribution in [0, 0.1) is 14.1 Å². The van der Waals surface area contributed by atoms with Crippen molar-refractivity contribution in [2.75, 3.05) is 0 Å². The molecule has 1 N–H and O–H groups in total. The van der Waals surface area contributed by atoms with Crippen molar-refractivity contribution in [1.82, 2.24) is 4.57 Å². The Morgan fingerprint density at radius 1 is 1.29 bits per heavy atom. The summed E-state index contributed by atoms with van der Waals surface area (Å²) in [4.78, 5) is 10.4. The van der Waals surface area contributed by atoms with Crippen molar-refractivity contribution in [2.24, 2.45) is 0 Å². The lowest BCUT2D eigenvalue weighted by Crippen LogP contribution is -2.00. The first-order valence-electron chi connectivity index (χ1n) is 6.11. The van der Waals surface area contributed by atoms with Crippen molar-refractivity contribution in [2.45, 2.75) is 6.54 Å². The second-order valence-electron chi connectivity index (χ2n) is 4.49. The summed E-state index contributed by atoms with van der Waals surface area (Å²) in [5, 5.41) is 20.8. The topological polar surface area (TPSA) is 68.3 Å². The number of non-ortho nitro benzene ring substituents is 1. The molecule has 0 saturated carbocycles. The van der Waals surface area contributed by atoms with Crippen LogP contribution in [0.5, 0.6) is 5.75 Å². The molecule has 0 radical (unpaired) electrons. The number of phenols is 1. The van der Waals surface area contributed by atoms with E-state index in [1.165, 1.54) is 29.5 Å². The lowest BCUT2D eigenvalue weighted by Gasteiger charge is -2.07. The smallest absolute Gasteiger partial charge is 0.270 e. The zero-order valence-electron chi connectivity index (χ0n) is 10.7. The van der Waals surface area contributed by atoms with E-state index in [1.54, 1.807) is 0 Å². The number of hydrogen-bond acceptors (Lipinski definition) is 5. The van der Waals surface area contributed by atoms with Gasteiger partial charge in [0, 0.05) is 17.7 Å². The Labute approximate surface area is 128 Å². The molecule has 1 heterocycles. The molecule has 3 aromatic rings. The summed E-state index contributed by atoms with van der Waals surface area (Å²) in [6, 6.07) is 11.8. The Kier molecular flexibility index (Phi) is 3.44. The fourth-order valence-corrected chi connectivity index (χ4v) is 3.47. The van der Waals surface area contributed by atoms with Crippen molar-refractivity contribution in [3.63, 3.8) is 0 Å². The molecule has 21 heavy (non-hydrogen) atoms. The van der Waals surface area contributed by atoms with Crippen molar-refractivity contribution in [3.8, 4) is 5.75 Å². The highest BCUT2D eigenvalue weighted by Gasteiger charge is 2.12. The van der Waals surface area contributed by atoms with Gasteiger partial charge in [0.1, 0.15) is 5.75 Å². The molecule has 2 aromatic carbocycles. The molecule has 0 aliphatic heterocycles. The molecule has 0 atom stereocenters. The molecular formula is C14H10N2O3S2. The molecule has 106 valence electrons. The van der Waals surface area contributed by atoms with Crippen molar-refractivity contribution in [1.29, 1.82) is 0 Å². The number of fused-ring (bicyclic) bond motifs is 1. The number of hydrogen-bond donors (Lipinski definition) is 1. The third-order valence-corrected chi connectivity index (χ3v) is 4.61. The molecule has 0 saturated heterocycles. The van der Waals surface area contributed by atoms with Gasteiger partial charge in [-0.05, 0) is 30.4 Å². The minimum atomic E-state index is -0.478. The molecule has 0 aliphatic carbocycles. The van der Waals surface area contributed by atoms with Gasteiger partial charge in [0.05, 0.1) is 21.7 Å². The summed E-state index contributed by atoms with van der Waals surface area (Å²) in [7, 11) is 0. The molecular weight excluding hydrogens is 308 g/mol. The number of nitro benzene ring substituents is 1. The predicted molar refractivity (Wildman–Crippen MR) is 84.5 cm³/mol. The largest absolute Gasteiger partial charge is 0.508 e. The third-order valence-electron chi connectivity index (χ3n) is 3.18. The van der Waals surface area contributed by atoms with Crippen LogP contribution in [-0.4, -0.2) is 14.6 Å². The summed E-state index contributed by atoms with van der Waals surface area (Å²) >= 11 is 6.82. The maximum Gasteiger partial charge on any atom is 0.270 e. The van der Waals surface area contributed by atoms with Gasteiger partial charge in [0.15, 0.2) is 3.95 Å². The number of para-hydroxylation sites is 1. The van der Waals surface area contributed by atoms with E-state index in [1.807, 2.05) is 28.8 Å². The van der Waals surface area contributed by atoms with Gasteiger partial charge in [-0.3, -0.25) is 10.1 Å². The van der Waals surface area contributed by atoms with Crippen LogP contribution < -0.4 is 0 Å². The highest BCUT2D eigenvalue weighted by atomic mass is 32.1. The van der Waals surface area contributed by atoms with Gasteiger partial charge in [0.2, 0.25) is 0 Å². The number of rotatable bonds is 3. The predicted octanol–water partition coefficient (Wildman–Crippen LogP) is 4.09. The average Bonchev–Trinajstić information content (AvgIpc) is 2.77. The van der Waals surface area contributed by atoms with Gasteiger partial charge in [-0.2, -0.15) is 0 Å². The molecule has 1 aromatic heterocycles. The Hall–Kier alpha value is -2.25. The lowest BCUT2D eigenvalue weighted by atomic mass is 10.1. The van der Waals surface area contributed by atoms with E-state index in [0.717, 1.165) is 10.2 Å². The molecule has 0 bridgehead atoms. The van der Waals surface area contributed by atoms with Crippen molar-refractivity contribution < 1.29 is 10.0 Å². The molecule has 0 spiro atoms. The molecule has 0 unspecified atom stereocenters. The van der Waals surface area contributed by atoms with Crippen LogP contribution in [0.2, 0.25) is 0 Å². The van der Waals surface area contributed by atoms with Crippen molar-refractivity contribution >= 4 is 39.5 Å². The lowest BCUT2D eigenvalue weighted by molar-refractivity contribution is -0.384. The van der Waals surface area contributed by atoms with Gasteiger partial charge in [-0.25, -0.2) is 0 Å². The van der Waals surface area contributed by atoms with E-state index in [0.29, 0.717) is 16.1 Å². The number of phenolic OH excluding ortho intramolecular Hbond substituents is 1. The highest BCUT2D eigenvalue weighted by Crippen LogP contribution is 2.28. The van der Waals surface area contributed by atoms with E-state index in [2.05, 4.69) is 0 Å². The second kappa shape index (κ2) is 5.27. The monoisotopic (exact) mass is 318 g/mol. The average molecular weight is 318 g/mol. The fourth-order valence-electron chi connectivity index (χ4n) is 2.15. The Balaban J connectivity index is 2.10. The SMILES string of the molecule is O=[N+]([O-])c1ccc(O)c(Cn2c(=S)sc3ccccc32)c1. The zero-order chi connectivity index (χ0) is 15.0. The van der Waals surface area contributed by atoms with Crippen LogP contribution in [-0.2, 0) is 6.54 Å². The van der Waals surface area contributed by atoms with E-state index in [4.69, 9.17) is 12.2 Å².